The Balaban J connectivity index is 1.54. The lowest BCUT2D eigenvalue weighted by Crippen LogP contribution is -2.47. The summed E-state index contributed by atoms with van der Waals surface area (Å²) in [6.07, 6.45) is 0. The molecule has 7 heteroatoms. The number of amides is 1. The van der Waals surface area contributed by atoms with E-state index in [0.29, 0.717) is 0 Å². The Hall–Kier alpha value is -1.96. The number of carbonyl (C=O) groups is 1. The molecule has 1 aromatic heterocycles. The van der Waals surface area contributed by atoms with E-state index in [9.17, 15) is 4.79 Å². The van der Waals surface area contributed by atoms with Crippen LogP contribution in [0.2, 0.25) is 0 Å². The molecule has 0 bridgehead atoms. The number of piperazine rings is 2. The molecule has 3 heterocycles. The van der Waals surface area contributed by atoms with Crippen LogP contribution >= 0.6 is 0 Å². The van der Waals surface area contributed by atoms with E-state index in [0.717, 1.165) is 81.3 Å². The summed E-state index contributed by atoms with van der Waals surface area (Å²) in [5.74, 6) is 1.18. The van der Waals surface area contributed by atoms with Crippen LogP contribution in [0.5, 0.6) is 0 Å². The Kier molecular flexibility index (Phi) is 4.93. The van der Waals surface area contributed by atoms with Crippen LogP contribution in [0.15, 0.2) is 18.2 Å². The molecule has 2 aliphatic heterocycles. The highest BCUT2D eigenvalue weighted by atomic mass is 16.2. The maximum absolute atomic E-state index is 12.8. The minimum Gasteiger partial charge on any atom is -0.336 e. The number of likely N-dealkylation sites (N-methyl/N-ethyl adjacent to an activating group) is 1. The molecule has 2 saturated heterocycles. The number of nitrogens with zero attached hydrogens (tertiary/aromatic N) is 5. The molecule has 1 aromatic carbocycles. The highest BCUT2D eigenvalue weighted by Crippen LogP contribution is 2.19. The molecule has 0 unspecified atom stereocenters. The minimum absolute atomic E-state index is 0.120. The number of aromatic nitrogens is 2. The SMILES string of the molecule is CN1CCN(C(=O)c2ccc3c(c2)nc(CN2CCNCC2)n3C)CC1. The highest BCUT2D eigenvalue weighted by Gasteiger charge is 2.21. The minimum atomic E-state index is 0.120. The first-order valence-corrected chi connectivity index (χ1v) is 9.48. The third-order valence-corrected chi connectivity index (χ3v) is 5.59. The summed E-state index contributed by atoms with van der Waals surface area (Å²) >= 11 is 0. The number of hydrogen-bond acceptors (Lipinski definition) is 5. The molecule has 4 rings (SSSR count). The predicted molar refractivity (Wildman–Crippen MR) is 102 cm³/mol. The molecule has 1 amide bonds. The van der Waals surface area contributed by atoms with E-state index < -0.39 is 0 Å². The molecule has 0 aliphatic carbocycles. The van der Waals surface area contributed by atoms with Gasteiger partial charge in [0.05, 0.1) is 17.6 Å². The Labute approximate surface area is 154 Å². The molecule has 2 aliphatic rings. The second-order valence-electron chi connectivity index (χ2n) is 7.41. The summed E-state index contributed by atoms with van der Waals surface area (Å²) in [6, 6.07) is 5.93. The number of imidazole rings is 1. The van der Waals surface area contributed by atoms with Gasteiger partial charge in [-0.05, 0) is 25.2 Å². The van der Waals surface area contributed by atoms with Crippen molar-refractivity contribution in [2.75, 3.05) is 59.4 Å². The lowest BCUT2D eigenvalue weighted by atomic mass is 10.1. The summed E-state index contributed by atoms with van der Waals surface area (Å²) in [5.41, 5.74) is 2.75. The number of nitrogens with one attached hydrogen (secondary N) is 1. The average molecular weight is 356 g/mol. The van der Waals surface area contributed by atoms with Gasteiger partial charge in [-0.25, -0.2) is 4.98 Å². The molecule has 7 nitrogen and oxygen atoms in total. The van der Waals surface area contributed by atoms with Crippen LogP contribution in [0, 0.1) is 0 Å². The van der Waals surface area contributed by atoms with Gasteiger partial charge in [0.2, 0.25) is 0 Å². The van der Waals surface area contributed by atoms with E-state index in [-0.39, 0.29) is 5.91 Å². The molecule has 1 N–H and O–H groups in total. The number of benzene rings is 1. The van der Waals surface area contributed by atoms with Crippen molar-refractivity contribution in [1.82, 2.24) is 29.6 Å². The zero-order valence-corrected chi connectivity index (χ0v) is 15.7. The molecule has 140 valence electrons. The lowest BCUT2D eigenvalue weighted by molar-refractivity contribution is 0.0664. The predicted octanol–water partition coefficient (Wildman–Crippen LogP) is 0.366. The van der Waals surface area contributed by atoms with E-state index in [2.05, 4.69) is 33.8 Å². The summed E-state index contributed by atoms with van der Waals surface area (Å²) in [4.78, 5) is 24.3. The van der Waals surface area contributed by atoms with Crippen molar-refractivity contribution in [1.29, 1.82) is 0 Å². The van der Waals surface area contributed by atoms with Crippen LogP contribution in [0.1, 0.15) is 16.2 Å². The van der Waals surface area contributed by atoms with Gasteiger partial charge in [-0.3, -0.25) is 9.69 Å². The van der Waals surface area contributed by atoms with E-state index in [1.165, 1.54) is 0 Å². The second kappa shape index (κ2) is 7.34. The normalized spacial score (nSPS) is 20.0. The van der Waals surface area contributed by atoms with Crippen LogP contribution in [-0.2, 0) is 13.6 Å². The fourth-order valence-corrected chi connectivity index (χ4v) is 3.79. The van der Waals surface area contributed by atoms with E-state index in [1.807, 2.05) is 23.1 Å². The summed E-state index contributed by atoms with van der Waals surface area (Å²) < 4.78 is 2.15. The van der Waals surface area contributed by atoms with Crippen molar-refractivity contribution >= 4 is 16.9 Å². The summed E-state index contributed by atoms with van der Waals surface area (Å²) in [5, 5.41) is 3.38. The topological polar surface area (TPSA) is 56.6 Å². The number of aryl methyl sites for hydroxylation is 1. The van der Waals surface area contributed by atoms with Gasteiger partial charge >= 0.3 is 0 Å². The van der Waals surface area contributed by atoms with E-state index in [1.54, 1.807) is 0 Å². The van der Waals surface area contributed by atoms with Crippen LogP contribution in [0.25, 0.3) is 11.0 Å². The maximum atomic E-state index is 12.8. The van der Waals surface area contributed by atoms with Crippen molar-refractivity contribution in [3.63, 3.8) is 0 Å². The molecule has 0 spiro atoms. The van der Waals surface area contributed by atoms with Gasteiger partial charge in [0.15, 0.2) is 0 Å². The first-order chi connectivity index (χ1) is 12.6. The van der Waals surface area contributed by atoms with Gasteiger partial charge in [0.1, 0.15) is 5.82 Å². The molecular formula is C19H28N6O. The molecule has 2 fully saturated rings. The fraction of sp³-hybridized carbons (Fsp3) is 0.579. The smallest absolute Gasteiger partial charge is 0.254 e. The van der Waals surface area contributed by atoms with Gasteiger partial charge in [0.25, 0.3) is 5.91 Å². The quantitative estimate of drug-likeness (QED) is 0.861. The van der Waals surface area contributed by atoms with E-state index in [4.69, 9.17) is 4.98 Å². The summed E-state index contributed by atoms with van der Waals surface area (Å²) in [7, 11) is 4.16. The third kappa shape index (κ3) is 3.47. The molecule has 26 heavy (non-hydrogen) atoms. The Bertz CT molecular complexity index is 787. The van der Waals surface area contributed by atoms with Gasteiger partial charge in [-0.1, -0.05) is 0 Å². The second-order valence-corrected chi connectivity index (χ2v) is 7.41. The number of rotatable bonds is 3. The van der Waals surface area contributed by atoms with Crippen molar-refractivity contribution in [2.24, 2.45) is 7.05 Å². The van der Waals surface area contributed by atoms with Crippen molar-refractivity contribution in [3.05, 3.63) is 29.6 Å². The van der Waals surface area contributed by atoms with Gasteiger partial charge in [-0.15, -0.1) is 0 Å². The Morgan fingerprint density at radius 3 is 2.54 bits per heavy atom. The first kappa shape index (κ1) is 17.5. The lowest BCUT2D eigenvalue weighted by Gasteiger charge is -2.32. The highest BCUT2D eigenvalue weighted by molar-refractivity contribution is 5.97. The fourth-order valence-electron chi connectivity index (χ4n) is 3.79. The largest absolute Gasteiger partial charge is 0.336 e. The van der Waals surface area contributed by atoms with Crippen LogP contribution in [0.4, 0.5) is 0 Å². The zero-order valence-electron chi connectivity index (χ0n) is 15.7. The van der Waals surface area contributed by atoms with E-state index >= 15 is 0 Å². The first-order valence-electron chi connectivity index (χ1n) is 9.48. The monoisotopic (exact) mass is 356 g/mol. The Morgan fingerprint density at radius 2 is 1.81 bits per heavy atom. The Morgan fingerprint density at radius 1 is 1.08 bits per heavy atom. The van der Waals surface area contributed by atoms with Crippen LogP contribution in [0.3, 0.4) is 0 Å². The summed E-state index contributed by atoms with van der Waals surface area (Å²) in [6.45, 7) is 8.50. The van der Waals surface area contributed by atoms with Crippen molar-refractivity contribution in [2.45, 2.75) is 6.54 Å². The van der Waals surface area contributed by atoms with Crippen LogP contribution < -0.4 is 5.32 Å². The molecule has 2 aromatic rings. The third-order valence-electron chi connectivity index (χ3n) is 5.59. The molecular weight excluding hydrogens is 328 g/mol. The van der Waals surface area contributed by atoms with Gasteiger partial charge in [-0.2, -0.15) is 0 Å². The maximum Gasteiger partial charge on any atom is 0.254 e. The number of carbonyl (C=O) groups excluding carboxylic acids is 1. The number of fused-ring (bicyclic) bond motifs is 1. The molecule has 0 saturated carbocycles. The molecule has 0 atom stereocenters. The van der Waals surface area contributed by atoms with Crippen LogP contribution in [-0.4, -0.2) is 89.6 Å². The van der Waals surface area contributed by atoms with Gasteiger partial charge < -0.3 is 19.7 Å². The number of hydrogen-bond donors (Lipinski definition) is 1. The molecule has 0 radical (unpaired) electrons. The van der Waals surface area contributed by atoms with Crippen molar-refractivity contribution < 1.29 is 4.79 Å². The average Bonchev–Trinajstić information content (AvgIpc) is 2.97. The van der Waals surface area contributed by atoms with Crippen molar-refractivity contribution in [3.8, 4) is 0 Å². The van der Waals surface area contributed by atoms with Gasteiger partial charge in [0, 0.05) is 65.0 Å². The zero-order chi connectivity index (χ0) is 18.1. The standard InChI is InChI=1S/C19H28N6O/c1-22-9-11-25(12-10-22)19(26)15-3-4-17-16(13-15)21-18(23(17)2)14-24-7-5-20-6-8-24/h3-4,13,20H,5-12,14H2,1-2H3.